The smallest absolute Gasteiger partial charge is 0.357 e. The molecule has 1 saturated heterocycles. The zero-order chi connectivity index (χ0) is 33.7. The van der Waals surface area contributed by atoms with Crippen LogP contribution in [0.5, 0.6) is 0 Å². The van der Waals surface area contributed by atoms with Gasteiger partial charge in [0.15, 0.2) is 11.8 Å². The predicted octanol–water partition coefficient (Wildman–Crippen LogP) is 5.01. The minimum absolute atomic E-state index is 0.0339. The molecule has 2 aliphatic heterocycles. The van der Waals surface area contributed by atoms with Gasteiger partial charge in [-0.2, -0.15) is 0 Å². The van der Waals surface area contributed by atoms with Crippen LogP contribution in [0.1, 0.15) is 36.3 Å². The van der Waals surface area contributed by atoms with E-state index in [1.54, 1.807) is 12.1 Å². The highest BCUT2D eigenvalue weighted by atomic mass is 32.2. The molecule has 2 aliphatic rings. The first-order valence-electron chi connectivity index (χ1n) is 13.9. The van der Waals surface area contributed by atoms with Crippen molar-refractivity contribution < 1.29 is 47.7 Å². The van der Waals surface area contributed by atoms with Crippen molar-refractivity contribution in [3.8, 4) is 0 Å². The van der Waals surface area contributed by atoms with E-state index in [2.05, 4.69) is 0 Å². The van der Waals surface area contributed by atoms with E-state index in [4.69, 9.17) is 18.6 Å². The third-order valence-electron chi connectivity index (χ3n) is 6.99. The second-order valence-corrected chi connectivity index (χ2v) is 12.6. The Morgan fingerprint density at radius 1 is 0.957 bits per heavy atom. The number of nitro groups is 2. The number of nitrogens with zero attached hydrogens (tertiary/aromatic N) is 3. The average Bonchev–Trinajstić information content (AvgIpc) is 3.70. The summed E-state index contributed by atoms with van der Waals surface area (Å²) in [5.41, 5.74) is 0.802. The summed E-state index contributed by atoms with van der Waals surface area (Å²) in [5.74, 6) is -2.94. The summed E-state index contributed by atoms with van der Waals surface area (Å²) in [5, 5.41) is 21.1. The molecule has 0 bridgehead atoms. The van der Waals surface area contributed by atoms with Gasteiger partial charge in [0.2, 0.25) is 5.91 Å². The minimum Gasteiger partial charge on any atom is -0.465 e. The molecule has 15 nitrogen and oxygen atoms in total. The Morgan fingerprint density at radius 3 is 2.09 bits per heavy atom. The van der Waals surface area contributed by atoms with Crippen molar-refractivity contribution >= 4 is 58.7 Å². The van der Waals surface area contributed by atoms with E-state index < -0.39 is 51.1 Å². The normalized spacial score (nSPS) is 17.4. The van der Waals surface area contributed by atoms with Crippen molar-refractivity contribution in [2.45, 2.75) is 38.0 Å². The Labute approximate surface area is 274 Å². The average molecular weight is 684 g/mol. The molecule has 5 rings (SSSR count). The van der Waals surface area contributed by atoms with Gasteiger partial charge in [-0.1, -0.05) is 11.8 Å². The van der Waals surface area contributed by atoms with E-state index in [0.29, 0.717) is 15.4 Å². The monoisotopic (exact) mass is 683 g/mol. The number of rotatable bonds is 14. The van der Waals surface area contributed by atoms with E-state index in [-0.39, 0.29) is 48.2 Å². The number of amides is 1. The van der Waals surface area contributed by atoms with Gasteiger partial charge in [0.05, 0.1) is 26.8 Å². The van der Waals surface area contributed by atoms with Crippen molar-refractivity contribution in [1.82, 2.24) is 4.90 Å². The van der Waals surface area contributed by atoms with E-state index in [1.165, 1.54) is 78.4 Å². The van der Waals surface area contributed by atoms with Crippen LogP contribution < -0.4 is 0 Å². The van der Waals surface area contributed by atoms with Gasteiger partial charge >= 0.3 is 17.9 Å². The highest BCUT2D eigenvalue weighted by Gasteiger charge is 2.60. The van der Waals surface area contributed by atoms with Gasteiger partial charge in [0, 0.05) is 36.9 Å². The molecule has 0 aliphatic carbocycles. The lowest BCUT2D eigenvalue weighted by atomic mass is 9.89. The number of fused-ring (bicyclic) bond motifs is 1. The zero-order valence-electron chi connectivity index (χ0n) is 24.5. The molecule has 244 valence electrons. The molecule has 3 heterocycles. The molecule has 2 aromatic carbocycles. The van der Waals surface area contributed by atoms with Crippen LogP contribution in [0.2, 0.25) is 0 Å². The van der Waals surface area contributed by atoms with Crippen molar-refractivity contribution in [2.75, 3.05) is 5.75 Å². The molecule has 3 atom stereocenters. The third kappa shape index (κ3) is 7.63. The molecule has 1 amide bonds. The summed E-state index contributed by atoms with van der Waals surface area (Å²) >= 11 is 2.33. The quantitative estimate of drug-likeness (QED) is 0.0722. The molecular weight excluding hydrogens is 658 g/mol. The maximum Gasteiger partial charge on any atom is 0.357 e. The van der Waals surface area contributed by atoms with Crippen molar-refractivity contribution in [2.24, 2.45) is 5.92 Å². The highest BCUT2D eigenvalue weighted by Crippen LogP contribution is 2.56. The third-order valence-corrected chi connectivity index (χ3v) is 9.64. The molecule has 1 aromatic heterocycles. The summed E-state index contributed by atoms with van der Waals surface area (Å²) in [7, 11) is 0. The number of non-ortho nitro benzene ring substituents is 2. The minimum atomic E-state index is -1.04. The van der Waals surface area contributed by atoms with Crippen molar-refractivity contribution in [1.29, 1.82) is 0 Å². The standard InChI is InChI=1S/C30H25N3O12S2/c1-17(34)45-26(22-3-2-13-42-22)24-27(36)31-25(29(37)44-16-19-6-10-21(11-7-19)33(40)41)30(47-28(24)31)46-14-12-23(35)43-15-18-4-8-20(9-5-18)32(38)39/h2-11,13,24,26,28H,12,14-16H2,1H3. The van der Waals surface area contributed by atoms with Crippen LogP contribution in [0.25, 0.3) is 0 Å². The summed E-state index contributed by atoms with van der Waals surface area (Å²) in [6.45, 7) is 0.895. The van der Waals surface area contributed by atoms with Gasteiger partial charge in [0.1, 0.15) is 30.3 Å². The summed E-state index contributed by atoms with van der Waals surface area (Å²) in [6, 6.07) is 14.2. The number of carbonyl (C=O) groups excluding carboxylic acids is 4. The van der Waals surface area contributed by atoms with Crippen molar-refractivity contribution in [3.63, 3.8) is 0 Å². The van der Waals surface area contributed by atoms with Crippen LogP contribution in [0.4, 0.5) is 11.4 Å². The number of benzene rings is 2. The van der Waals surface area contributed by atoms with E-state index in [0.717, 1.165) is 11.8 Å². The fourth-order valence-corrected chi connectivity index (χ4v) is 7.55. The molecule has 0 radical (unpaired) electrons. The number of nitro benzene ring substituents is 2. The Morgan fingerprint density at radius 2 is 1.55 bits per heavy atom. The first kappa shape index (κ1) is 33.2. The Bertz CT molecular complexity index is 1730. The topological polar surface area (TPSA) is 199 Å². The number of furan rings is 1. The summed E-state index contributed by atoms with van der Waals surface area (Å²) < 4.78 is 22.1. The summed E-state index contributed by atoms with van der Waals surface area (Å²) in [4.78, 5) is 73.2. The van der Waals surface area contributed by atoms with E-state index in [9.17, 15) is 39.4 Å². The van der Waals surface area contributed by atoms with Crippen LogP contribution in [0.15, 0.2) is 81.3 Å². The second kappa shape index (κ2) is 14.5. The van der Waals surface area contributed by atoms with E-state index >= 15 is 0 Å². The highest BCUT2D eigenvalue weighted by molar-refractivity contribution is 8.22. The fraction of sp³-hybridized carbons (Fsp3) is 0.267. The molecule has 3 aromatic rings. The number of thioether (sulfide) groups is 2. The number of hydrogen-bond acceptors (Lipinski definition) is 14. The van der Waals surface area contributed by atoms with Crippen LogP contribution >= 0.6 is 23.5 Å². The van der Waals surface area contributed by atoms with Crippen LogP contribution in [0, 0.1) is 26.1 Å². The number of ether oxygens (including phenoxy) is 3. The molecule has 1 fully saturated rings. The number of β-lactam (4-membered cyclic amide) rings is 1. The number of carbonyl (C=O) groups is 4. The summed E-state index contributed by atoms with van der Waals surface area (Å²) in [6.07, 6.45) is 0.285. The molecule has 47 heavy (non-hydrogen) atoms. The molecular formula is C30H25N3O12S2. The Hall–Kier alpha value is -5.16. The maximum absolute atomic E-state index is 13.5. The van der Waals surface area contributed by atoms with Crippen LogP contribution in [-0.4, -0.2) is 49.7 Å². The lowest BCUT2D eigenvalue weighted by Gasteiger charge is -2.44. The SMILES string of the molecule is CC(=O)OC(c1ccco1)C1C(=O)N2C(C(=O)OCc3ccc([N+](=O)[O-])cc3)=C(SCCC(=O)OCc3ccc([N+](=O)[O-])cc3)SC12. The Kier molecular flexibility index (Phi) is 10.3. The molecule has 0 spiro atoms. The van der Waals surface area contributed by atoms with Gasteiger partial charge in [-0.3, -0.25) is 39.5 Å². The molecule has 0 N–H and O–H groups in total. The molecule has 0 saturated carbocycles. The van der Waals surface area contributed by atoms with Crippen LogP contribution in [-0.2, 0) is 46.6 Å². The number of esters is 3. The first-order valence-corrected chi connectivity index (χ1v) is 15.8. The largest absolute Gasteiger partial charge is 0.465 e. The Balaban J connectivity index is 1.27. The lowest BCUT2D eigenvalue weighted by Crippen LogP contribution is -2.59. The molecule has 17 heteroatoms. The zero-order valence-corrected chi connectivity index (χ0v) is 26.1. The van der Waals surface area contributed by atoms with E-state index in [1.807, 2.05) is 0 Å². The molecule has 3 unspecified atom stereocenters. The van der Waals surface area contributed by atoms with Gasteiger partial charge in [-0.25, -0.2) is 4.79 Å². The fourth-order valence-electron chi connectivity index (χ4n) is 4.73. The van der Waals surface area contributed by atoms with Gasteiger partial charge in [-0.15, -0.1) is 11.8 Å². The lowest BCUT2D eigenvalue weighted by molar-refractivity contribution is -0.385. The first-order chi connectivity index (χ1) is 22.5. The van der Waals surface area contributed by atoms with Gasteiger partial charge in [-0.05, 0) is 47.5 Å². The second-order valence-electron chi connectivity index (χ2n) is 10.1. The number of hydrogen-bond donors (Lipinski definition) is 0. The predicted molar refractivity (Wildman–Crippen MR) is 165 cm³/mol. The van der Waals surface area contributed by atoms with Gasteiger partial charge in [0.25, 0.3) is 11.4 Å². The van der Waals surface area contributed by atoms with Crippen LogP contribution in [0.3, 0.4) is 0 Å². The van der Waals surface area contributed by atoms with Gasteiger partial charge < -0.3 is 18.6 Å². The maximum atomic E-state index is 13.5. The van der Waals surface area contributed by atoms with Crippen molar-refractivity contribution in [3.05, 3.63) is 114 Å².